The molecule has 1 atom stereocenters. The second-order valence-corrected chi connectivity index (χ2v) is 4.44. The Kier molecular flexibility index (Phi) is 2.33. The van der Waals surface area contributed by atoms with Crippen LogP contribution in [0.4, 0.5) is 0 Å². The molecule has 4 nitrogen and oxygen atoms in total. The molecule has 1 unspecified atom stereocenters. The van der Waals surface area contributed by atoms with Crippen LogP contribution >= 0.6 is 0 Å². The highest BCUT2D eigenvalue weighted by molar-refractivity contribution is 5.00. The molecule has 1 aromatic rings. The lowest BCUT2D eigenvalue weighted by atomic mass is 10.1. The van der Waals surface area contributed by atoms with Crippen molar-refractivity contribution >= 4 is 0 Å². The summed E-state index contributed by atoms with van der Waals surface area (Å²) in [6, 6.07) is 2.02. The van der Waals surface area contributed by atoms with Crippen LogP contribution in [-0.2, 0) is 13.6 Å². The Morgan fingerprint density at radius 1 is 1.64 bits per heavy atom. The van der Waals surface area contributed by atoms with Crippen molar-refractivity contribution in [3.63, 3.8) is 0 Å². The SMILES string of the molecule is Cn1ccc(CN2CCC(C)(O)C2)n1. The second kappa shape index (κ2) is 3.37. The zero-order valence-corrected chi connectivity index (χ0v) is 8.77. The van der Waals surface area contributed by atoms with Gasteiger partial charge in [0.15, 0.2) is 0 Å². The lowest BCUT2D eigenvalue weighted by molar-refractivity contribution is 0.0677. The van der Waals surface area contributed by atoms with E-state index in [0.717, 1.165) is 31.7 Å². The maximum atomic E-state index is 9.78. The van der Waals surface area contributed by atoms with E-state index in [4.69, 9.17) is 0 Å². The fraction of sp³-hybridized carbons (Fsp3) is 0.700. The summed E-state index contributed by atoms with van der Waals surface area (Å²) < 4.78 is 1.81. The average Bonchev–Trinajstić information content (AvgIpc) is 2.59. The number of aryl methyl sites for hydroxylation is 1. The number of aliphatic hydroxyl groups is 1. The summed E-state index contributed by atoms with van der Waals surface area (Å²) in [5.41, 5.74) is 0.569. The van der Waals surface area contributed by atoms with Crippen LogP contribution in [0.5, 0.6) is 0 Å². The van der Waals surface area contributed by atoms with Crippen molar-refractivity contribution in [1.82, 2.24) is 14.7 Å². The van der Waals surface area contributed by atoms with Crippen molar-refractivity contribution in [2.45, 2.75) is 25.5 Å². The molecule has 1 fully saturated rings. The first-order chi connectivity index (χ1) is 6.55. The standard InChI is InChI=1S/C10H17N3O/c1-10(14)4-6-13(8-10)7-9-3-5-12(2)11-9/h3,5,14H,4,6-8H2,1-2H3. The summed E-state index contributed by atoms with van der Waals surface area (Å²) in [6.45, 7) is 4.45. The molecule has 78 valence electrons. The molecule has 0 spiro atoms. The van der Waals surface area contributed by atoms with E-state index in [1.165, 1.54) is 0 Å². The van der Waals surface area contributed by atoms with E-state index in [0.29, 0.717) is 0 Å². The zero-order valence-electron chi connectivity index (χ0n) is 8.77. The Bertz CT molecular complexity index is 319. The van der Waals surface area contributed by atoms with E-state index in [1.807, 2.05) is 30.9 Å². The molecule has 2 heterocycles. The topological polar surface area (TPSA) is 41.3 Å². The molecule has 1 aliphatic rings. The summed E-state index contributed by atoms with van der Waals surface area (Å²) >= 11 is 0. The van der Waals surface area contributed by atoms with Crippen molar-refractivity contribution in [3.8, 4) is 0 Å². The predicted molar refractivity (Wildman–Crippen MR) is 53.7 cm³/mol. The van der Waals surface area contributed by atoms with Gasteiger partial charge in [0, 0.05) is 32.9 Å². The van der Waals surface area contributed by atoms with Gasteiger partial charge >= 0.3 is 0 Å². The van der Waals surface area contributed by atoms with Crippen LogP contribution in [0.3, 0.4) is 0 Å². The molecule has 0 amide bonds. The lowest BCUT2D eigenvalue weighted by Crippen LogP contribution is -2.29. The van der Waals surface area contributed by atoms with Gasteiger partial charge in [0.2, 0.25) is 0 Å². The third-order valence-corrected chi connectivity index (χ3v) is 2.69. The van der Waals surface area contributed by atoms with E-state index in [2.05, 4.69) is 10.00 Å². The van der Waals surface area contributed by atoms with Crippen LogP contribution in [0.25, 0.3) is 0 Å². The number of β-amino-alcohol motifs (C(OH)–C–C–N with tert-alkyl or cyclic N) is 1. The first kappa shape index (κ1) is 9.68. The predicted octanol–water partition coefficient (Wildman–Crippen LogP) is 0.377. The monoisotopic (exact) mass is 195 g/mol. The van der Waals surface area contributed by atoms with Crippen LogP contribution in [-0.4, -0.2) is 38.5 Å². The maximum absolute atomic E-state index is 9.78. The van der Waals surface area contributed by atoms with Crippen molar-refractivity contribution < 1.29 is 5.11 Å². The number of hydrogen-bond acceptors (Lipinski definition) is 3. The summed E-state index contributed by atoms with van der Waals surface area (Å²) in [5, 5.41) is 14.1. The van der Waals surface area contributed by atoms with Gasteiger partial charge < -0.3 is 5.11 Å². The molecular formula is C10H17N3O. The number of nitrogens with zero attached hydrogens (tertiary/aromatic N) is 3. The Morgan fingerprint density at radius 3 is 2.93 bits per heavy atom. The molecule has 0 bridgehead atoms. The Labute approximate surface area is 84.1 Å². The molecule has 0 saturated carbocycles. The third kappa shape index (κ3) is 2.13. The summed E-state index contributed by atoms with van der Waals surface area (Å²) in [7, 11) is 1.92. The maximum Gasteiger partial charge on any atom is 0.0764 e. The third-order valence-electron chi connectivity index (χ3n) is 2.69. The molecule has 0 aliphatic carbocycles. The van der Waals surface area contributed by atoms with Crippen LogP contribution < -0.4 is 0 Å². The Hall–Kier alpha value is -0.870. The average molecular weight is 195 g/mol. The molecule has 1 aromatic heterocycles. The van der Waals surface area contributed by atoms with Crippen molar-refractivity contribution in [2.24, 2.45) is 7.05 Å². The smallest absolute Gasteiger partial charge is 0.0764 e. The van der Waals surface area contributed by atoms with Gasteiger partial charge in [0.25, 0.3) is 0 Å². The normalized spacial score (nSPS) is 28.5. The van der Waals surface area contributed by atoms with Gasteiger partial charge in [0.05, 0.1) is 11.3 Å². The van der Waals surface area contributed by atoms with Crippen LogP contribution in [0.1, 0.15) is 19.0 Å². The summed E-state index contributed by atoms with van der Waals surface area (Å²) in [4.78, 5) is 2.24. The highest BCUT2D eigenvalue weighted by Gasteiger charge is 2.31. The first-order valence-electron chi connectivity index (χ1n) is 4.98. The quantitative estimate of drug-likeness (QED) is 0.741. The van der Waals surface area contributed by atoms with E-state index in [-0.39, 0.29) is 0 Å². The van der Waals surface area contributed by atoms with Crippen molar-refractivity contribution in [2.75, 3.05) is 13.1 Å². The highest BCUT2D eigenvalue weighted by Crippen LogP contribution is 2.21. The van der Waals surface area contributed by atoms with E-state index in [9.17, 15) is 5.11 Å². The van der Waals surface area contributed by atoms with Gasteiger partial charge in [-0.05, 0) is 19.4 Å². The molecule has 1 aliphatic heterocycles. The lowest BCUT2D eigenvalue weighted by Gasteiger charge is -2.17. The largest absolute Gasteiger partial charge is 0.389 e. The number of aromatic nitrogens is 2. The van der Waals surface area contributed by atoms with E-state index >= 15 is 0 Å². The fourth-order valence-electron chi connectivity index (χ4n) is 1.95. The van der Waals surface area contributed by atoms with Crippen molar-refractivity contribution in [1.29, 1.82) is 0 Å². The molecule has 1 N–H and O–H groups in total. The fourth-order valence-corrected chi connectivity index (χ4v) is 1.95. The summed E-state index contributed by atoms with van der Waals surface area (Å²) in [6.07, 6.45) is 2.81. The van der Waals surface area contributed by atoms with Crippen LogP contribution in [0.2, 0.25) is 0 Å². The van der Waals surface area contributed by atoms with Crippen molar-refractivity contribution in [3.05, 3.63) is 18.0 Å². The molecule has 0 radical (unpaired) electrons. The van der Waals surface area contributed by atoms with Gasteiger partial charge in [-0.15, -0.1) is 0 Å². The van der Waals surface area contributed by atoms with Crippen LogP contribution in [0.15, 0.2) is 12.3 Å². The molecule has 14 heavy (non-hydrogen) atoms. The van der Waals surface area contributed by atoms with E-state index < -0.39 is 5.60 Å². The van der Waals surface area contributed by atoms with Gasteiger partial charge in [-0.3, -0.25) is 9.58 Å². The highest BCUT2D eigenvalue weighted by atomic mass is 16.3. The minimum absolute atomic E-state index is 0.505. The minimum atomic E-state index is -0.505. The summed E-state index contributed by atoms with van der Waals surface area (Å²) in [5.74, 6) is 0. The number of rotatable bonds is 2. The zero-order chi connectivity index (χ0) is 10.2. The molecule has 1 saturated heterocycles. The van der Waals surface area contributed by atoms with E-state index in [1.54, 1.807) is 0 Å². The Balaban J connectivity index is 1.94. The molecular weight excluding hydrogens is 178 g/mol. The van der Waals surface area contributed by atoms with Gasteiger partial charge in [-0.2, -0.15) is 5.10 Å². The molecule has 2 rings (SSSR count). The van der Waals surface area contributed by atoms with Gasteiger partial charge in [-0.25, -0.2) is 0 Å². The van der Waals surface area contributed by atoms with Crippen LogP contribution in [0, 0.1) is 0 Å². The van der Waals surface area contributed by atoms with Gasteiger partial charge in [-0.1, -0.05) is 0 Å². The minimum Gasteiger partial charge on any atom is -0.389 e. The Morgan fingerprint density at radius 2 is 2.43 bits per heavy atom. The second-order valence-electron chi connectivity index (χ2n) is 4.44. The first-order valence-corrected chi connectivity index (χ1v) is 4.98. The molecule has 4 heteroatoms. The number of likely N-dealkylation sites (tertiary alicyclic amines) is 1. The van der Waals surface area contributed by atoms with Gasteiger partial charge in [0.1, 0.15) is 0 Å². The molecule has 0 aromatic carbocycles. The number of hydrogen-bond donors (Lipinski definition) is 1.